The van der Waals surface area contributed by atoms with Crippen molar-refractivity contribution in [3.8, 4) is 0 Å². The maximum Gasteiger partial charge on any atom is 0.155 e. The summed E-state index contributed by atoms with van der Waals surface area (Å²) in [5.74, 6) is 1.06. The van der Waals surface area contributed by atoms with Gasteiger partial charge >= 0.3 is 0 Å². The summed E-state index contributed by atoms with van der Waals surface area (Å²) in [5, 5.41) is 3.60. The number of hydrogen-bond acceptors (Lipinski definition) is 3. The van der Waals surface area contributed by atoms with Crippen molar-refractivity contribution in [1.82, 2.24) is 5.32 Å². The van der Waals surface area contributed by atoms with Crippen LogP contribution in [0.3, 0.4) is 0 Å². The van der Waals surface area contributed by atoms with Gasteiger partial charge in [-0.25, -0.2) is 8.42 Å². The highest BCUT2D eigenvalue weighted by Gasteiger charge is 2.43. The molecular weight excluding hydrogens is 258 g/mol. The van der Waals surface area contributed by atoms with Crippen LogP contribution >= 0.6 is 0 Å². The Hall–Kier alpha value is -0.0900. The minimum Gasteiger partial charge on any atom is -0.313 e. The second-order valence-corrected chi connectivity index (χ2v) is 10.6. The molecule has 0 bridgehead atoms. The molecule has 0 heterocycles. The van der Waals surface area contributed by atoms with E-state index in [2.05, 4.69) is 12.2 Å². The predicted molar refractivity (Wildman–Crippen MR) is 80.0 cm³/mol. The average molecular weight is 287 g/mol. The van der Waals surface area contributed by atoms with E-state index in [9.17, 15) is 8.42 Å². The molecule has 0 amide bonds. The topological polar surface area (TPSA) is 46.2 Å². The zero-order valence-corrected chi connectivity index (χ0v) is 13.6. The summed E-state index contributed by atoms with van der Waals surface area (Å²) in [6, 6.07) is 0.706. The van der Waals surface area contributed by atoms with Crippen molar-refractivity contribution in [3.63, 3.8) is 0 Å². The molecule has 0 aromatic carbocycles. The van der Waals surface area contributed by atoms with Crippen LogP contribution in [0, 0.1) is 11.3 Å². The van der Waals surface area contributed by atoms with Gasteiger partial charge in [0, 0.05) is 12.6 Å². The smallest absolute Gasteiger partial charge is 0.155 e. The lowest BCUT2D eigenvalue weighted by atomic mass is 9.82. The Balaban J connectivity index is 1.92. The van der Waals surface area contributed by atoms with Gasteiger partial charge in [0.05, 0.1) is 10.5 Å². The van der Waals surface area contributed by atoms with E-state index in [1.165, 1.54) is 25.7 Å². The number of nitrogens with one attached hydrogen (secondary N) is 1. The third-order valence-corrected chi connectivity index (χ3v) is 7.42. The molecule has 112 valence electrons. The van der Waals surface area contributed by atoms with Crippen LogP contribution in [0.5, 0.6) is 0 Å². The third-order valence-electron chi connectivity index (χ3n) is 4.81. The summed E-state index contributed by atoms with van der Waals surface area (Å²) in [5.41, 5.74) is 0.168. The summed E-state index contributed by atoms with van der Waals surface area (Å²) < 4.78 is 23.9. The van der Waals surface area contributed by atoms with Crippen LogP contribution in [0.4, 0.5) is 0 Å². The lowest BCUT2D eigenvalue weighted by Gasteiger charge is -2.31. The van der Waals surface area contributed by atoms with Crippen LogP contribution in [0.2, 0.25) is 0 Å². The maximum absolute atomic E-state index is 12.3. The maximum atomic E-state index is 12.3. The molecule has 2 aliphatic rings. The minimum atomic E-state index is -2.99. The van der Waals surface area contributed by atoms with Crippen LogP contribution in [0.15, 0.2) is 0 Å². The van der Waals surface area contributed by atoms with Gasteiger partial charge in [-0.15, -0.1) is 0 Å². The normalized spacial score (nSPS) is 24.2. The molecule has 0 radical (unpaired) electrons. The molecule has 19 heavy (non-hydrogen) atoms. The largest absolute Gasteiger partial charge is 0.313 e. The first-order valence-corrected chi connectivity index (χ1v) is 9.25. The summed E-state index contributed by atoms with van der Waals surface area (Å²) >= 11 is 0. The highest BCUT2D eigenvalue weighted by Crippen LogP contribution is 2.48. The van der Waals surface area contributed by atoms with Gasteiger partial charge in [0.1, 0.15) is 0 Å². The molecule has 3 nitrogen and oxygen atoms in total. The molecule has 0 spiro atoms. The molecule has 0 saturated heterocycles. The highest BCUT2D eigenvalue weighted by molar-refractivity contribution is 7.92. The van der Waals surface area contributed by atoms with Crippen molar-refractivity contribution >= 4 is 9.84 Å². The van der Waals surface area contributed by atoms with Gasteiger partial charge in [-0.3, -0.25) is 0 Å². The second-order valence-electron chi connectivity index (χ2n) is 7.76. The lowest BCUT2D eigenvalue weighted by Crippen LogP contribution is -2.38. The van der Waals surface area contributed by atoms with Crippen molar-refractivity contribution in [1.29, 1.82) is 0 Å². The molecule has 0 aromatic rings. The Labute approximate surface area is 118 Å². The van der Waals surface area contributed by atoms with Gasteiger partial charge in [0.2, 0.25) is 0 Å². The molecule has 4 heteroatoms. The van der Waals surface area contributed by atoms with E-state index < -0.39 is 14.6 Å². The number of sulfone groups is 1. The van der Waals surface area contributed by atoms with Gasteiger partial charge in [-0.05, 0) is 64.2 Å². The Morgan fingerprint density at radius 3 is 2.05 bits per heavy atom. The van der Waals surface area contributed by atoms with Crippen molar-refractivity contribution < 1.29 is 8.42 Å². The predicted octanol–water partition coefficient (Wildman–Crippen LogP) is 2.76. The quantitative estimate of drug-likeness (QED) is 0.783. The van der Waals surface area contributed by atoms with E-state index in [0.29, 0.717) is 11.8 Å². The van der Waals surface area contributed by atoms with Gasteiger partial charge in [0.25, 0.3) is 0 Å². The lowest BCUT2D eigenvalue weighted by molar-refractivity contribution is 0.247. The molecule has 2 aliphatic carbocycles. The third kappa shape index (κ3) is 3.94. The Bertz CT molecular complexity index is 416. The SMILES string of the molecule is CC(CCS(=O)(=O)C(C)(C)C)(CNC1CC1)C1CC1. The zero-order valence-electron chi connectivity index (χ0n) is 12.8. The first-order chi connectivity index (χ1) is 8.64. The summed E-state index contributed by atoms with van der Waals surface area (Å²) in [7, 11) is -2.99. The van der Waals surface area contributed by atoms with E-state index in [4.69, 9.17) is 0 Å². The van der Waals surface area contributed by atoms with E-state index >= 15 is 0 Å². The van der Waals surface area contributed by atoms with Crippen LogP contribution in [0.25, 0.3) is 0 Å². The molecule has 1 atom stereocenters. The van der Waals surface area contributed by atoms with Crippen molar-refractivity contribution in [2.75, 3.05) is 12.3 Å². The van der Waals surface area contributed by atoms with E-state index in [-0.39, 0.29) is 5.41 Å². The van der Waals surface area contributed by atoms with Gasteiger partial charge in [0.15, 0.2) is 9.84 Å². The van der Waals surface area contributed by atoms with Crippen molar-refractivity contribution in [2.45, 2.75) is 70.6 Å². The molecule has 0 aliphatic heterocycles. The summed E-state index contributed by atoms with van der Waals surface area (Å²) in [4.78, 5) is 0. The Kier molecular flexibility index (Phi) is 4.05. The molecule has 0 aromatic heterocycles. The summed E-state index contributed by atoms with van der Waals surface area (Å²) in [6.45, 7) is 8.68. The minimum absolute atomic E-state index is 0.168. The molecule has 2 rings (SSSR count). The molecule has 2 fully saturated rings. The van der Waals surface area contributed by atoms with Gasteiger partial charge < -0.3 is 5.32 Å². The van der Waals surface area contributed by atoms with Crippen molar-refractivity contribution in [2.24, 2.45) is 11.3 Å². The zero-order chi connectivity index (χ0) is 14.3. The van der Waals surface area contributed by atoms with Crippen molar-refractivity contribution in [3.05, 3.63) is 0 Å². The summed E-state index contributed by atoms with van der Waals surface area (Å²) in [6.07, 6.45) is 5.94. The standard InChI is InChI=1S/C15H29NO2S/c1-14(2,3)19(17,18)10-9-15(4,12-5-6-12)11-16-13-7-8-13/h12-13,16H,5-11H2,1-4H3. The molecule has 2 saturated carbocycles. The first-order valence-electron chi connectivity index (χ1n) is 7.60. The van der Waals surface area contributed by atoms with E-state index in [0.717, 1.165) is 18.9 Å². The molecule has 1 N–H and O–H groups in total. The monoisotopic (exact) mass is 287 g/mol. The highest BCUT2D eigenvalue weighted by atomic mass is 32.2. The van der Waals surface area contributed by atoms with Crippen LogP contribution in [-0.2, 0) is 9.84 Å². The fraction of sp³-hybridized carbons (Fsp3) is 1.00. The van der Waals surface area contributed by atoms with Gasteiger partial charge in [-0.1, -0.05) is 6.92 Å². The first kappa shape index (κ1) is 15.3. The Morgan fingerprint density at radius 1 is 1.05 bits per heavy atom. The van der Waals surface area contributed by atoms with E-state index in [1.54, 1.807) is 20.8 Å². The molecular formula is C15H29NO2S. The number of hydrogen-bond donors (Lipinski definition) is 1. The average Bonchev–Trinajstić information content (AvgIpc) is 3.15. The van der Waals surface area contributed by atoms with Gasteiger partial charge in [-0.2, -0.15) is 0 Å². The number of rotatable bonds is 7. The fourth-order valence-corrected chi connectivity index (χ4v) is 3.90. The van der Waals surface area contributed by atoms with Crippen LogP contribution < -0.4 is 5.32 Å². The Morgan fingerprint density at radius 2 is 1.63 bits per heavy atom. The molecule has 1 unspecified atom stereocenters. The fourth-order valence-electron chi connectivity index (χ4n) is 2.56. The van der Waals surface area contributed by atoms with E-state index in [1.807, 2.05) is 0 Å². The van der Waals surface area contributed by atoms with Crippen LogP contribution in [0.1, 0.15) is 59.8 Å². The second kappa shape index (κ2) is 5.03. The van der Waals surface area contributed by atoms with Crippen LogP contribution in [-0.4, -0.2) is 31.5 Å².